The van der Waals surface area contributed by atoms with Gasteiger partial charge < -0.3 is 9.88 Å². The molecule has 0 aliphatic carbocycles. The zero-order valence-corrected chi connectivity index (χ0v) is 16.9. The smallest absolute Gasteiger partial charge is 0.266 e. The highest BCUT2D eigenvalue weighted by Crippen LogP contribution is 2.22. The molecule has 8 heteroatoms. The summed E-state index contributed by atoms with van der Waals surface area (Å²) in [4.78, 5) is 30.0. The minimum absolute atomic E-state index is 0.0195. The van der Waals surface area contributed by atoms with E-state index >= 15 is 0 Å². The molecule has 4 aromatic rings. The van der Waals surface area contributed by atoms with E-state index in [1.54, 1.807) is 10.7 Å². The minimum Gasteiger partial charge on any atom is -0.361 e. The van der Waals surface area contributed by atoms with Gasteiger partial charge in [0.15, 0.2) is 5.82 Å². The van der Waals surface area contributed by atoms with E-state index in [9.17, 15) is 9.59 Å². The van der Waals surface area contributed by atoms with Crippen molar-refractivity contribution in [2.45, 2.75) is 20.4 Å². The first-order valence-electron chi connectivity index (χ1n) is 9.96. The molecular formula is C22H22N6O2. The summed E-state index contributed by atoms with van der Waals surface area (Å²) in [5.41, 5.74) is 3.41. The largest absolute Gasteiger partial charge is 0.361 e. The number of carbonyl (C=O) groups is 1. The molecule has 1 aromatic carbocycles. The van der Waals surface area contributed by atoms with Crippen LogP contribution in [0.25, 0.3) is 16.7 Å². The number of aromatic nitrogens is 5. The normalized spacial score (nSPS) is 14.3. The summed E-state index contributed by atoms with van der Waals surface area (Å²) in [5.74, 6) is 0.837. The number of fused-ring (bicyclic) bond motifs is 1. The van der Waals surface area contributed by atoms with Crippen molar-refractivity contribution in [2.75, 3.05) is 13.1 Å². The molecule has 152 valence electrons. The lowest BCUT2D eigenvalue weighted by atomic mass is 9.98. The Hall–Kier alpha value is -3.68. The maximum Gasteiger partial charge on any atom is 0.266 e. The van der Waals surface area contributed by atoms with Gasteiger partial charge in [-0.3, -0.25) is 9.59 Å². The molecule has 5 rings (SSSR count). The number of hydrogen-bond donors (Lipinski definition) is 1. The number of aryl methyl sites for hydroxylation is 2. The first-order chi connectivity index (χ1) is 14.5. The average Bonchev–Trinajstić information content (AvgIpc) is 3.30. The van der Waals surface area contributed by atoms with Crippen molar-refractivity contribution in [3.05, 3.63) is 76.0 Å². The van der Waals surface area contributed by atoms with Crippen LogP contribution in [0.4, 0.5) is 0 Å². The Morgan fingerprint density at radius 1 is 1.10 bits per heavy atom. The topological polar surface area (TPSA) is 88.8 Å². The van der Waals surface area contributed by atoms with Gasteiger partial charge in [0.25, 0.3) is 11.5 Å². The SMILES string of the molecule is Cc1cc(C)n(-c2ccc(=O)n(CC3CN(C(=O)c4ccc5[nH]ccc5c4)C3)n2)n1. The average molecular weight is 402 g/mol. The minimum atomic E-state index is -0.150. The van der Waals surface area contributed by atoms with Crippen LogP contribution in [0.3, 0.4) is 0 Å². The molecule has 1 N–H and O–H groups in total. The number of likely N-dealkylation sites (tertiary alicyclic amines) is 1. The molecule has 0 unspecified atom stereocenters. The molecule has 0 bridgehead atoms. The predicted molar refractivity (Wildman–Crippen MR) is 113 cm³/mol. The maximum absolute atomic E-state index is 12.8. The third-order valence-corrected chi connectivity index (χ3v) is 5.55. The Bertz CT molecular complexity index is 1310. The second-order valence-corrected chi connectivity index (χ2v) is 7.91. The Kier molecular flexibility index (Phi) is 4.27. The van der Waals surface area contributed by atoms with Gasteiger partial charge >= 0.3 is 0 Å². The second kappa shape index (κ2) is 6.98. The monoisotopic (exact) mass is 402 g/mol. The Balaban J connectivity index is 1.28. The highest BCUT2D eigenvalue weighted by atomic mass is 16.2. The number of aromatic amines is 1. The summed E-state index contributed by atoms with van der Waals surface area (Å²) in [6.07, 6.45) is 1.86. The molecule has 1 saturated heterocycles. The van der Waals surface area contributed by atoms with E-state index in [1.165, 1.54) is 10.7 Å². The van der Waals surface area contributed by atoms with E-state index in [2.05, 4.69) is 15.2 Å². The molecule has 0 spiro atoms. The first kappa shape index (κ1) is 18.4. The van der Waals surface area contributed by atoms with E-state index < -0.39 is 0 Å². The molecule has 0 radical (unpaired) electrons. The third kappa shape index (κ3) is 3.20. The standard InChI is InChI=1S/C22H22N6O2/c1-14-9-15(2)28(24-14)20-5-6-21(29)27(25-20)13-16-11-26(12-16)22(30)18-3-4-19-17(10-18)7-8-23-19/h3-10,16,23H,11-13H2,1-2H3. The third-order valence-electron chi connectivity index (χ3n) is 5.55. The summed E-state index contributed by atoms with van der Waals surface area (Å²) in [6.45, 7) is 5.59. The summed E-state index contributed by atoms with van der Waals surface area (Å²) in [6, 6.07) is 12.8. The number of nitrogens with one attached hydrogen (secondary N) is 1. The quantitative estimate of drug-likeness (QED) is 0.567. The number of benzene rings is 1. The van der Waals surface area contributed by atoms with Crippen LogP contribution in [0, 0.1) is 19.8 Å². The fourth-order valence-electron chi connectivity index (χ4n) is 4.01. The van der Waals surface area contributed by atoms with Gasteiger partial charge in [-0.15, -0.1) is 5.10 Å². The number of rotatable bonds is 4. The summed E-state index contributed by atoms with van der Waals surface area (Å²) < 4.78 is 3.21. The van der Waals surface area contributed by atoms with Crippen molar-refractivity contribution >= 4 is 16.8 Å². The lowest BCUT2D eigenvalue weighted by Gasteiger charge is -2.39. The molecule has 30 heavy (non-hydrogen) atoms. The number of H-pyrrole nitrogens is 1. The Labute approximate surface area is 172 Å². The number of carbonyl (C=O) groups excluding carboxylic acids is 1. The van der Waals surface area contributed by atoms with Crippen LogP contribution in [0.2, 0.25) is 0 Å². The van der Waals surface area contributed by atoms with Gasteiger partial charge in [-0.1, -0.05) is 0 Å². The molecular weight excluding hydrogens is 380 g/mol. The van der Waals surface area contributed by atoms with E-state index in [-0.39, 0.29) is 17.4 Å². The molecule has 1 aliphatic heterocycles. The molecule has 1 amide bonds. The summed E-state index contributed by atoms with van der Waals surface area (Å²) >= 11 is 0. The van der Waals surface area contributed by atoms with Gasteiger partial charge in [0.1, 0.15) is 0 Å². The lowest BCUT2D eigenvalue weighted by molar-refractivity contribution is 0.0458. The first-order valence-corrected chi connectivity index (χ1v) is 9.96. The summed E-state index contributed by atoms with van der Waals surface area (Å²) in [5, 5.41) is 9.95. The molecule has 8 nitrogen and oxygen atoms in total. The van der Waals surface area contributed by atoms with E-state index in [1.807, 2.05) is 55.3 Å². The van der Waals surface area contributed by atoms with Crippen molar-refractivity contribution in [2.24, 2.45) is 5.92 Å². The summed E-state index contributed by atoms with van der Waals surface area (Å²) in [7, 11) is 0. The van der Waals surface area contributed by atoms with Crippen LogP contribution >= 0.6 is 0 Å². The second-order valence-electron chi connectivity index (χ2n) is 7.91. The Morgan fingerprint density at radius 3 is 2.70 bits per heavy atom. The predicted octanol–water partition coefficient (Wildman–Crippen LogP) is 2.30. The van der Waals surface area contributed by atoms with Crippen LogP contribution in [0.15, 0.2) is 53.5 Å². The van der Waals surface area contributed by atoms with Crippen LogP contribution in [-0.4, -0.2) is 48.4 Å². The fourth-order valence-corrected chi connectivity index (χ4v) is 4.01. The van der Waals surface area contributed by atoms with Crippen LogP contribution in [0.1, 0.15) is 21.7 Å². The van der Waals surface area contributed by atoms with Crippen molar-refractivity contribution in [1.29, 1.82) is 0 Å². The fraction of sp³-hybridized carbons (Fsp3) is 0.273. The zero-order valence-electron chi connectivity index (χ0n) is 16.9. The molecule has 1 fully saturated rings. The molecule has 3 aromatic heterocycles. The van der Waals surface area contributed by atoms with Crippen LogP contribution in [0.5, 0.6) is 0 Å². The molecule has 1 aliphatic rings. The Morgan fingerprint density at radius 2 is 1.93 bits per heavy atom. The molecule has 4 heterocycles. The van der Waals surface area contributed by atoms with Crippen molar-refractivity contribution in [3.8, 4) is 5.82 Å². The van der Waals surface area contributed by atoms with E-state index in [0.717, 1.165) is 22.3 Å². The highest BCUT2D eigenvalue weighted by Gasteiger charge is 2.32. The van der Waals surface area contributed by atoms with Crippen molar-refractivity contribution in [1.82, 2.24) is 29.4 Å². The molecule has 0 saturated carbocycles. The maximum atomic E-state index is 12.8. The van der Waals surface area contributed by atoms with Gasteiger partial charge in [0, 0.05) is 53.4 Å². The number of amides is 1. The molecule has 0 atom stereocenters. The number of hydrogen-bond acceptors (Lipinski definition) is 4. The van der Waals surface area contributed by atoms with Crippen molar-refractivity contribution in [3.63, 3.8) is 0 Å². The van der Waals surface area contributed by atoms with Crippen LogP contribution < -0.4 is 5.56 Å². The van der Waals surface area contributed by atoms with E-state index in [4.69, 9.17) is 0 Å². The van der Waals surface area contributed by atoms with E-state index in [0.29, 0.717) is 31.0 Å². The highest BCUT2D eigenvalue weighted by molar-refractivity contribution is 5.98. The lowest BCUT2D eigenvalue weighted by Crippen LogP contribution is -2.52. The van der Waals surface area contributed by atoms with Crippen LogP contribution in [-0.2, 0) is 6.54 Å². The van der Waals surface area contributed by atoms with Gasteiger partial charge in [-0.2, -0.15) is 5.10 Å². The van der Waals surface area contributed by atoms with Gasteiger partial charge in [-0.25, -0.2) is 9.36 Å². The van der Waals surface area contributed by atoms with Gasteiger partial charge in [0.05, 0.1) is 12.2 Å². The van der Waals surface area contributed by atoms with Crippen molar-refractivity contribution < 1.29 is 4.79 Å². The number of nitrogens with zero attached hydrogens (tertiary/aromatic N) is 5. The van der Waals surface area contributed by atoms with Gasteiger partial charge in [0.2, 0.25) is 0 Å². The zero-order chi connectivity index (χ0) is 20.8. The van der Waals surface area contributed by atoms with Gasteiger partial charge in [-0.05, 0) is 50.2 Å².